The van der Waals surface area contributed by atoms with Crippen molar-refractivity contribution in [2.24, 2.45) is 11.8 Å². The van der Waals surface area contributed by atoms with Crippen molar-refractivity contribution < 1.29 is 46.5 Å². The second-order valence-electron chi connectivity index (χ2n) is 4.86. The zero-order chi connectivity index (χ0) is 17.0. The van der Waals surface area contributed by atoms with Crippen molar-refractivity contribution in [3.8, 4) is 0 Å². The van der Waals surface area contributed by atoms with Crippen molar-refractivity contribution in [1.29, 1.82) is 0 Å². The molecule has 0 aromatic heterocycles. The van der Waals surface area contributed by atoms with E-state index in [0.717, 1.165) is 11.8 Å². The Balaban J connectivity index is -0.000000244. The molecule has 0 heterocycles. The van der Waals surface area contributed by atoms with Crippen molar-refractivity contribution in [2.75, 3.05) is 0 Å². The van der Waals surface area contributed by atoms with Gasteiger partial charge in [0, 0.05) is 0 Å². The summed E-state index contributed by atoms with van der Waals surface area (Å²) in [5.74, 6) is 2.00. The minimum atomic E-state index is -3.81. The van der Waals surface area contributed by atoms with Crippen LogP contribution in [0.3, 0.4) is 0 Å². The first-order chi connectivity index (χ1) is 8.66. The second-order valence-corrected chi connectivity index (χ2v) is 13.8. The molecule has 20 heavy (non-hydrogen) atoms. The van der Waals surface area contributed by atoms with E-state index in [1.165, 1.54) is 6.42 Å². The molecule has 0 aliphatic heterocycles. The van der Waals surface area contributed by atoms with Gasteiger partial charge in [-0.25, -0.2) is 0 Å². The summed E-state index contributed by atoms with van der Waals surface area (Å²) < 4.78 is 0. The summed E-state index contributed by atoms with van der Waals surface area (Å²) in [5, 5.41) is 3.21. The molecule has 11 heteroatoms. The molecule has 0 rings (SSSR count). The molecule has 0 saturated carbocycles. The van der Waals surface area contributed by atoms with Crippen LogP contribution in [0.2, 0.25) is 10.0 Å². The SMILES string of the molecule is CCC(C)[CH2][Zn][CH2]C(C)C.OP(O)(O)=S.OP(O)(O)=S. The van der Waals surface area contributed by atoms with Crippen molar-refractivity contribution in [2.45, 2.75) is 44.1 Å². The summed E-state index contributed by atoms with van der Waals surface area (Å²) in [5.41, 5.74) is 0. The fourth-order valence-corrected chi connectivity index (χ4v) is 5.61. The topological polar surface area (TPSA) is 121 Å². The Hall–Kier alpha value is 1.68. The van der Waals surface area contributed by atoms with Gasteiger partial charge in [0.15, 0.2) is 0 Å². The average molecular weight is 422 g/mol. The molecule has 122 valence electrons. The van der Waals surface area contributed by atoms with E-state index in [1.54, 1.807) is 10.0 Å². The minimum Gasteiger partial charge on any atom is -0.325 e. The summed E-state index contributed by atoms with van der Waals surface area (Å²) in [6, 6.07) is 0. The molecule has 0 radical (unpaired) electrons. The average Bonchev–Trinajstić information content (AvgIpc) is 2.11. The number of rotatable bonds is 5. The summed E-state index contributed by atoms with van der Waals surface area (Å²) in [4.78, 5) is 45.3. The van der Waals surface area contributed by atoms with E-state index in [2.05, 4.69) is 51.3 Å². The van der Waals surface area contributed by atoms with Crippen LogP contribution in [0.25, 0.3) is 0 Å². The van der Waals surface area contributed by atoms with Gasteiger partial charge in [0.2, 0.25) is 0 Å². The van der Waals surface area contributed by atoms with Gasteiger partial charge in [0.05, 0.1) is 0 Å². The third kappa shape index (κ3) is 73.3. The molecule has 0 aliphatic rings. The molecule has 0 saturated heterocycles. The van der Waals surface area contributed by atoms with Crippen LogP contribution in [0.5, 0.6) is 0 Å². The van der Waals surface area contributed by atoms with Crippen molar-refractivity contribution in [1.82, 2.24) is 0 Å². The molecular formula is C9H26O6P2S2Zn. The Morgan fingerprint density at radius 3 is 1.35 bits per heavy atom. The molecule has 0 aliphatic carbocycles. The van der Waals surface area contributed by atoms with Crippen LogP contribution in [-0.2, 0) is 40.7 Å². The Kier molecular flexibility index (Phi) is 19.0. The fourth-order valence-electron chi connectivity index (χ4n) is 1.08. The van der Waals surface area contributed by atoms with Crippen LogP contribution < -0.4 is 0 Å². The maximum absolute atomic E-state index is 7.56. The van der Waals surface area contributed by atoms with Crippen molar-refractivity contribution >= 4 is 37.1 Å². The molecule has 0 bridgehead atoms. The van der Waals surface area contributed by atoms with Gasteiger partial charge in [0.25, 0.3) is 0 Å². The van der Waals surface area contributed by atoms with Crippen molar-refractivity contribution in [3.05, 3.63) is 0 Å². The van der Waals surface area contributed by atoms with E-state index in [-0.39, 0.29) is 17.1 Å². The minimum absolute atomic E-state index is 0.0859. The van der Waals surface area contributed by atoms with Gasteiger partial charge >= 0.3 is 86.5 Å². The van der Waals surface area contributed by atoms with Crippen LogP contribution in [0, 0.1) is 11.8 Å². The molecule has 0 fully saturated rings. The normalized spacial score (nSPS) is 12.6. The molecule has 1 atom stereocenters. The largest absolute Gasteiger partial charge is 0.325 e. The van der Waals surface area contributed by atoms with Gasteiger partial charge in [-0.1, -0.05) is 0 Å². The zero-order valence-electron chi connectivity index (χ0n) is 12.4. The van der Waals surface area contributed by atoms with E-state index >= 15 is 0 Å². The molecule has 0 aromatic rings. The van der Waals surface area contributed by atoms with Gasteiger partial charge in [-0.05, 0) is 23.6 Å². The number of hydrogen-bond donors (Lipinski definition) is 6. The Labute approximate surface area is 139 Å². The van der Waals surface area contributed by atoms with E-state index < -0.39 is 13.4 Å². The molecule has 6 nitrogen and oxygen atoms in total. The van der Waals surface area contributed by atoms with Crippen LogP contribution in [0.15, 0.2) is 0 Å². The van der Waals surface area contributed by atoms with Gasteiger partial charge in [0.1, 0.15) is 0 Å². The quantitative estimate of drug-likeness (QED) is 0.294. The van der Waals surface area contributed by atoms with E-state index in [1.807, 2.05) is 0 Å². The molecule has 6 N–H and O–H groups in total. The van der Waals surface area contributed by atoms with E-state index in [9.17, 15) is 0 Å². The fraction of sp³-hybridized carbons (Fsp3) is 1.00. The van der Waals surface area contributed by atoms with Crippen LogP contribution in [-0.4, -0.2) is 29.4 Å². The molecular weight excluding hydrogens is 396 g/mol. The van der Waals surface area contributed by atoms with Crippen LogP contribution in [0.1, 0.15) is 34.1 Å². The first-order valence-corrected chi connectivity index (χ1v) is 15.7. The standard InChI is InChI=1S/C5H11.C4H9.2H3O3PS.Zn/c1-4-5(2)3;1-4(2)3;2*1-4(2,3)5;/h5H,2,4H2,1,3H3;4H,1H2,2-3H3;2*(H3,1,2,3,5);. The first kappa shape index (κ1) is 26.6. The monoisotopic (exact) mass is 420 g/mol. The van der Waals surface area contributed by atoms with Crippen molar-refractivity contribution in [3.63, 3.8) is 0 Å². The number of hydrogen-bond acceptors (Lipinski definition) is 2. The third-order valence-corrected chi connectivity index (χ3v) is 8.38. The summed E-state index contributed by atoms with van der Waals surface area (Å²) in [6.07, 6.45) is 1.39. The van der Waals surface area contributed by atoms with Crippen LogP contribution in [0.4, 0.5) is 0 Å². The smallest absolute Gasteiger partial charge is 0.319 e. The predicted octanol–water partition coefficient (Wildman–Crippen LogP) is 1.98. The Morgan fingerprint density at radius 2 is 1.15 bits per heavy atom. The van der Waals surface area contributed by atoms with Gasteiger partial charge < -0.3 is 29.4 Å². The van der Waals surface area contributed by atoms with E-state index in [0.29, 0.717) is 0 Å². The Bertz CT molecular complexity index is 270. The van der Waals surface area contributed by atoms with E-state index in [4.69, 9.17) is 29.4 Å². The zero-order valence-corrected chi connectivity index (χ0v) is 18.8. The molecule has 1 unspecified atom stereocenters. The van der Waals surface area contributed by atoms with Gasteiger partial charge in [-0.3, -0.25) is 0 Å². The summed E-state index contributed by atoms with van der Waals surface area (Å²) in [7, 11) is 0. The van der Waals surface area contributed by atoms with Crippen LogP contribution >= 0.6 is 13.4 Å². The first-order valence-electron chi connectivity index (χ1n) is 6.23. The summed E-state index contributed by atoms with van der Waals surface area (Å²) >= 11 is 7.12. The molecule has 0 amide bonds. The summed E-state index contributed by atoms with van der Waals surface area (Å²) in [6.45, 7) is 1.79. The molecule has 0 aromatic carbocycles. The predicted molar refractivity (Wildman–Crippen MR) is 85.8 cm³/mol. The third-order valence-electron chi connectivity index (χ3n) is 2.18. The molecule has 0 spiro atoms. The maximum atomic E-state index is 7.56. The maximum Gasteiger partial charge on any atom is 0.319 e. The van der Waals surface area contributed by atoms with Gasteiger partial charge in [-0.2, -0.15) is 0 Å². The Morgan fingerprint density at radius 1 is 0.850 bits per heavy atom. The second kappa shape index (κ2) is 14.3. The van der Waals surface area contributed by atoms with Gasteiger partial charge in [-0.15, -0.1) is 0 Å².